The third-order valence-corrected chi connectivity index (χ3v) is 5.46. The Morgan fingerprint density at radius 3 is 2.76 bits per heavy atom. The number of nitrogens with zero attached hydrogens (tertiary/aromatic N) is 2. The van der Waals surface area contributed by atoms with Gasteiger partial charge >= 0.3 is 0 Å². The van der Waals surface area contributed by atoms with Crippen molar-refractivity contribution in [2.24, 2.45) is 7.05 Å². The Morgan fingerprint density at radius 2 is 2.00 bits per heavy atom. The largest absolute Gasteiger partial charge is 0.328 e. The van der Waals surface area contributed by atoms with E-state index in [0.29, 0.717) is 0 Å². The van der Waals surface area contributed by atoms with Crippen molar-refractivity contribution in [1.82, 2.24) is 9.55 Å². The monoisotopic (exact) mass is 310 g/mol. The second-order valence-corrected chi connectivity index (χ2v) is 6.76. The third kappa shape index (κ3) is 1.90. The molecule has 4 heteroatoms. The Kier molecular flexibility index (Phi) is 3.01. The van der Waals surface area contributed by atoms with Crippen molar-refractivity contribution in [3.05, 3.63) is 47.8 Å². The second kappa shape index (κ2) is 4.90. The van der Waals surface area contributed by atoms with Gasteiger partial charge in [-0.3, -0.25) is 0 Å². The Balaban J connectivity index is 2.16. The zero-order valence-electron chi connectivity index (χ0n) is 11.8. The molecule has 0 aliphatic heterocycles. The lowest BCUT2D eigenvalue weighted by molar-refractivity contribution is 0.989. The van der Waals surface area contributed by atoms with Crippen LogP contribution < -0.4 is 0 Å². The molecule has 0 aliphatic rings. The van der Waals surface area contributed by atoms with Gasteiger partial charge in [0.05, 0.1) is 16.1 Å². The maximum atomic E-state index is 4.92. The standard InChI is InChI=1S/C17H14N2S2/c1-19-13-7-4-3-6-11(13)16-15(20-2)10-12(18-17(16)19)14-8-5-9-21-14/h3-10H,1-2H3. The number of aromatic nitrogens is 2. The summed E-state index contributed by atoms with van der Waals surface area (Å²) in [7, 11) is 2.10. The molecule has 21 heavy (non-hydrogen) atoms. The molecular weight excluding hydrogens is 296 g/mol. The quantitative estimate of drug-likeness (QED) is 0.475. The van der Waals surface area contributed by atoms with Crippen LogP contribution >= 0.6 is 23.1 Å². The summed E-state index contributed by atoms with van der Waals surface area (Å²) in [5, 5.41) is 4.65. The minimum Gasteiger partial charge on any atom is -0.328 e. The maximum Gasteiger partial charge on any atom is 0.142 e. The normalized spacial score (nSPS) is 11.5. The summed E-state index contributed by atoms with van der Waals surface area (Å²) in [4.78, 5) is 7.43. The van der Waals surface area contributed by atoms with Crippen molar-refractivity contribution in [2.45, 2.75) is 4.90 Å². The van der Waals surface area contributed by atoms with Gasteiger partial charge in [-0.1, -0.05) is 24.3 Å². The zero-order chi connectivity index (χ0) is 14.4. The summed E-state index contributed by atoms with van der Waals surface area (Å²) >= 11 is 3.52. The van der Waals surface area contributed by atoms with E-state index in [-0.39, 0.29) is 0 Å². The van der Waals surface area contributed by atoms with Gasteiger partial charge < -0.3 is 4.57 Å². The fourth-order valence-corrected chi connectivity index (χ4v) is 4.13. The highest BCUT2D eigenvalue weighted by molar-refractivity contribution is 7.98. The van der Waals surface area contributed by atoms with Crippen LogP contribution in [0.5, 0.6) is 0 Å². The van der Waals surface area contributed by atoms with Gasteiger partial charge in [0, 0.05) is 22.7 Å². The number of benzene rings is 1. The average Bonchev–Trinajstić information content (AvgIpc) is 3.15. The van der Waals surface area contributed by atoms with Crippen LogP contribution in [0.15, 0.2) is 52.7 Å². The molecule has 0 saturated heterocycles. The lowest BCUT2D eigenvalue weighted by atomic mass is 10.2. The van der Waals surface area contributed by atoms with Crippen LogP contribution in [0.1, 0.15) is 0 Å². The summed E-state index contributed by atoms with van der Waals surface area (Å²) in [6, 6.07) is 14.9. The Labute approximate surface area is 131 Å². The van der Waals surface area contributed by atoms with Gasteiger partial charge in [-0.15, -0.1) is 23.1 Å². The molecule has 1 aromatic carbocycles. The van der Waals surface area contributed by atoms with E-state index in [0.717, 1.165) is 11.3 Å². The number of thiophene rings is 1. The Hall–Kier alpha value is -1.78. The number of hydrogen-bond donors (Lipinski definition) is 0. The molecule has 0 saturated carbocycles. The number of para-hydroxylation sites is 1. The van der Waals surface area contributed by atoms with E-state index in [1.165, 1.54) is 26.1 Å². The molecule has 2 nitrogen and oxygen atoms in total. The number of pyridine rings is 1. The molecule has 104 valence electrons. The fraction of sp³-hybridized carbons (Fsp3) is 0.118. The number of fused-ring (bicyclic) bond motifs is 3. The van der Waals surface area contributed by atoms with Crippen LogP contribution in [0.25, 0.3) is 32.5 Å². The highest BCUT2D eigenvalue weighted by Crippen LogP contribution is 2.37. The van der Waals surface area contributed by atoms with E-state index in [1.807, 2.05) is 0 Å². The zero-order valence-corrected chi connectivity index (χ0v) is 13.5. The molecule has 3 aromatic heterocycles. The minimum atomic E-state index is 1.06. The van der Waals surface area contributed by atoms with Gasteiger partial charge in [0.15, 0.2) is 0 Å². The van der Waals surface area contributed by atoms with Gasteiger partial charge in [0.1, 0.15) is 5.65 Å². The predicted octanol–water partition coefficient (Wildman–Crippen LogP) is 5.18. The molecule has 3 heterocycles. The van der Waals surface area contributed by atoms with E-state index in [2.05, 4.69) is 65.7 Å². The summed E-state index contributed by atoms with van der Waals surface area (Å²) < 4.78 is 2.20. The Bertz CT molecular complexity index is 936. The molecular formula is C17H14N2S2. The minimum absolute atomic E-state index is 1.06. The van der Waals surface area contributed by atoms with Crippen molar-refractivity contribution >= 4 is 45.0 Å². The van der Waals surface area contributed by atoms with Crippen LogP contribution in [0, 0.1) is 0 Å². The molecule has 0 atom stereocenters. The van der Waals surface area contributed by atoms with Crippen molar-refractivity contribution in [1.29, 1.82) is 0 Å². The molecule has 0 bridgehead atoms. The lowest BCUT2D eigenvalue weighted by Crippen LogP contribution is -1.91. The SMILES string of the molecule is CSc1cc(-c2cccs2)nc2c1c1ccccc1n2C. The van der Waals surface area contributed by atoms with E-state index in [4.69, 9.17) is 4.98 Å². The second-order valence-electron chi connectivity index (χ2n) is 4.96. The summed E-state index contributed by atoms with van der Waals surface area (Å²) in [5.74, 6) is 0. The highest BCUT2D eigenvalue weighted by atomic mass is 32.2. The fourth-order valence-electron chi connectivity index (χ4n) is 2.81. The van der Waals surface area contributed by atoms with E-state index >= 15 is 0 Å². The van der Waals surface area contributed by atoms with Gasteiger partial charge in [0.2, 0.25) is 0 Å². The molecule has 0 N–H and O–H groups in total. The van der Waals surface area contributed by atoms with Crippen LogP contribution in [0.2, 0.25) is 0 Å². The van der Waals surface area contributed by atoms with Crippen molar-refractivity contribution in [3.8, 4) is 10.6 Å². The number of aryl methyl sites for hydroxylation is 1. The highest BCUT2D eigenvalue weighted by Gasteiger charge is 2.15. The lowest BCUT2D eigenvalue weighted by Gasteiger charge is -2.05. The number of thioether (sulfide) groups is 1. The topological polar surface area (TPSA) is 17.8 Å². The first-order valence-electron chi connectivity index (χ1n) is 6.75. The van der Waals surface area contributed by atoms with Gasteiger partial charge in [-0.25, -0.2) is 4.98 Å². The van der Waals surface area contributed by atoms with Gasteiger partial charge in [-0.2, -0.15) is 0 Å². The Morgan fingerprint density at radius 1 is 1.14 bits per heavy atom. The third-order valence-electron chi connectivity index (χ3n) is 3.81. The number of rotatable bonds is 2. The summed E-state index contributed by atoms with van der Waals surface area (Å²) in [6.45, 7) is 0. The maximum absolute atomic E-state index is 4.92. The molecule has 4 rings (SSSR count). The van der Waals surface area contributed by atoms with Crippen LogP contribution in [0.4, 0.5) is 0 Å². The van der Waals surface area contributed by atoms with Crippen LogP contribution in [-0.2, 0) is 7.05 Å². The van der Waals surface area contributed by atoms with E-state index < -0.39 is 0 Å². The van der Waals surface area contributed by atoms with Crippen LogP contribution in [0.3, 0.4) is 0 Å². The van der Waals surface area contributed by atoms with Gasteiger partial charge in [0.25, 0.3) is 0 Å². The molecule has 4 aromatic rings. The molecule has 0 radical (unpaired) electrons. The van der Waals surface area contributed by atoms with Crippen molar-refractivity contribution in [2.75, 3.05) is 6.26 Å². The average molecular weight is 310 g/mol. The smallest absolute Gasteiger partial charge is 0.142 e. The van der Waals surface area contributed by atoms with E-state index in [1.54, 1.807) is 23.1 Å². The first-order chi connectivity index (χ1) is 10.3. The summed E-state index contributed by atoms with van der Waals surface area (Å²) in [6.07, 6.45) is 2.13. The first-order valence-corrected chi connectivity index (χ1v) is 8.86. The van der Waals surface area contributed by atoms with Crippen LogP contribution in [-0.4, -0.2) is 15.8 Å². The van der Waals surface area contributed by atoms with E-state index in [9.17, 15) is 0 Å². The van der Waals surface area contributed by atoms with Crippen molar-refractivity contribution in [3.63, 3.8) is 0 Å². The van der Waals surface area contributed by atoms with Crippen molar-refractivity contribution < 1.29 is 0 Å². The first kappa shape index (κ1) is 12.9. The molecule has 0 aliphatic carbocycles. The van der Waals surface area contributed by atoms with Gasteiger partial charge in [-0.05, 0) is 29.8 Å². The number of hydrogen-bond acceptors (Lipinski definition) is 3. The summed E-state index contributed by atoms with van der Waals surface area (Å²) in [5.41, 5.74) is 3.36. The molecule has 0 unspecified atom stereocenters. The molecule has 0 fully saturated rings. The molecule has 0 amide bonds. The molecule has 0 spiro atoms. The predicted molar refractivity (Wildman–Crippen MR) is 93.3 cm³/mol.